The van der Waals surface area contributed by atoms with Crippen molar-refractivity contribution in [3.8, 4) is 11.5 Å². The van der Waals surface area contributed by atoms with Crippen molar-refractivity contribution in [2.45, 2.75) is 0 Å². The molecule has 0 radical (unpaired) electrons. The Balaban J connectivity index is 1.53. The van der Waals surface area contributed by atoms with Crippen molar-refractivity contribution in [2.75, 3.05) is 12.4 Å². The third-order valence-corrected chi connectivity index (χ3v) is 4.56. The lowest BCUT2D eigenvalue weighted by Gasteiger charge is -2.08. The number of amides is 2. The molecule has 0 heterocycles. The topological polar surface area (TPSA) is 106 Å². The number of esters is 1. The summed E-state index contributed by atoms with van der Waals surface area (Å²) in [6, 6.07) is 17.5. The van der Waals surface area contributed by atoms with Gasteiger partial charge in [-0.15, -0.1) is 0 Å². The number of carbonyl (C=O) groups excluding carboxylic acids is 3. The van der Waals surface area contributed by atoms with Crippen LogP contribution in [0.2, 0.25) is 10.0 Å². The van der Waals surface area contributed by atoms with Gasteiger partial charge in [-0.2, -0.15) is 5.10 Å². The molecule has 3 aromatic rings. The Bertz CT molecular complexity index is 1190. The second kappa shape index (κ2) is 11.1. The Morgan fingerprint density at radius 2 is 1.58 bits per heavy atom. The summed E-state index contributed by atoms with van der Waals surface area (Å²) >= 11 is 11.7. The first-order valence-corrected chi connectivity index (χ1v) is 10.2. The SMILES string of the molecule is COc1ccccc1C(=O)Oc1ccc(/C=N/NC(=O)C(=O)Nc2cc(Cl)cc(Cl)c2)cc1. The van der Waals surface area contributed by atoms with Gasteiger partial charge in [-0.3, -0.25) is 9.59 Å². The van der Waals surface area contributed by atoms with E-state index >= 15 is 0 Å². The number of halogens is 2. The number of benzene rings is 3. The standard InChI is InChI=1S/C23H17Cl2N3O5/c1-32-20-5-3-2-4-19(20)23(31)33-18-8-6-14(7-9-18)13-26-28-22(30)21(29)27-17-11-15(24)10-16(25)12-17/h2-13H,1H3,(H,27,29)(H,28,30)/b26-13+. The number of para-hydroxylation sites is 1. The number of hydrogen-bond donors (Lipinski definition) is 2. The highest BCUT2D eigenvalue weighted by Crippen LogP contribution is 2.22. The number of methoxy groups -OCH3 is 1. The molecule has 0 fully saturated rings. The molecular weight excluding hydrogens is 469 g/mol. The first-order valence-electron chi connectivity index (χ1n) is 9.41. The minimum absolute atomic E-state index is 0.273. The van der Waals surface area contributed by atoms with Crippen LogP contribution in [0.3, 0.4) is 0 Å². The van der Waals surface area contributed by atoms with E-state index in [0.717, 1.165) is 0 Å². The highest BCUT2D eigenvalue weighted by atomic mass is 35.5. The van der Waals surface area contributed by atoms with Crippen molar-refractivity contribution in [3.63, 3.8) is 0 Å². The van der Waals surface area contributed by atoms with Crippen LogP contribution in [-0.2, 0) is 9.59 Å². The summed E-state index contributed by atoms with van der Waals surface area (Å²) in [4.78, 5) is 36.2. The monoisotopic (exact) mass is 485 g/mol. The molecule has 0 saturated heterocycles. The first kappa shape index (κ1) is 23.8. The minimum Gasteiger partial charge on any atom is -0.496 e. The minimum atomic E-state index is -0.982. The highest BCUT2D eigenvalue weighted by molar-refractivity contribution is 6.40. The van der Waals surface area contributed by atoms with Gasteiger partial charge >= 0.3 is 17.8 Å². The Hall–Kier alpha value is -3.88. The molecule has 3 rings (SSSR count). The zero-order valence-corrected chi connectivity index (χ0v) is 18.7. The number of rotatable bonds is 6. The van der Waals surface area contributed by atoms with Gasteiger partial charge in [0.15, 0.2) is 0 Å². The third-order valence-electron chi connectivity index (χ3n) is 4.12. The van der Waals surface area contributed by atoms with Crippen LogP contribution in [-0.4, -0.2) is 31.1 Å². The van der Waals surface area contributed by atoms with Gasteiger partial charge in [0.2, 0.25) is 0 Å². The van der Waals surface area contributed by atoms with Crippen LogP contribution in [0.15, 0.2) is 71.8 Å². The number of anilines is 1. The maximum absolute atomic E-state index is 12.3. The van der Waals surface area contributed by atoms with Crippen LogP contribution in [0.5, 0.6) is 11.5 Å². The van der Waals surface area contributed by atoms with E-state index in [-0.39, 0.29) is 5.69 Å². The molecule has 0 aliphatic heterocycles. The second-order valence-electron chi connectivity index (χ2n) is 6.47. The maximum Gasteiger partial charge on any atom is 0.347 e. The lowest BCUT2D eigenvalue weighted by molar-refractivity contribution is -0.136. The Morgan fingerprint density at radius 3 is 2.24 bits per heavy atom. The number of carbonyl (C=O) groups is 3. The largest absolute Gasteiger partial charge is 0.496 e. The van der Waals surface area contributed by atoms with Crippen LogP contribution in [0, 0.1) is 0 Å². The molecule has 0 spiro atoms. The molecule has 0 unspecified atom stereocenters. The van der Waals surface area contributed by atoms with Crippen LogP contribution >= 0.6 is 23.2 Å². The van der Waals surface area contributed by atoms with E-state index in [0.29, 0.717) is 32.7 Å². The van der Waals surface area contributed by atoms with Gasteiger partial charge in [-0.05, 0) is 60.2 Å². The lowest BCUT2D eigenvalue weighted by Crippen LogP contribution is -2.32. The Labute approximate surface area is 199 Å². The van der Waals surface area contributed by atoms with Gasteiger partial charge in [-0.25, -0.2) is 10.2 Å². The van der Waals surface area contributed by atoms with Gasteiger partial charge in [0.1, 0.15) is 17.1 Å². The fourth-order valence-electron chi connectivity index (χ4n) is 2.63. The van der Waals surface area contributed by atoms with Crippen molar-refractivity contribution >= 4 is 52.9 Å². The summed E-state index contributed by atoms with van der Waals surface area (Å²) in [7, 11) is 1.47. The summed E-state index contributed by atoms with van der Waals surface area (Å²) in [6.07, 6.45) is 1.33. The fourth-order valence-corrected chi connectivity index (χ4v) is 3.15. The predicted octanol–water partition coefficient (Wildman–Crippen LogP) is 4.31. The van der Waals surface area contributed by atoms with Gasteiger partial charge in [0.25, 0.3) is 0 Å². The van der Waals surface area contributed by atoms with Crippen LogP contribution in [0.1, 0.15) is 15.9 Å². The zero-order chi connectivity index (χ0) is 23.8. The number of nitrogens with one attached hydrogen (secondary N) is 2. The van der Waals surface area contributed by atoms with E-state index < -0.39 is 17.8 Å². The molecule has 168 valence electrons. The Morgan fingerprint density at radius 1 is 0.909 bits per heavy atom. The molecule has 10 heteroatoms. The van der Waals surface area contributed by atoms with Crippen molar-refractivity contribution in [1.29, 1.82) is 0 Å². The van der Waals surface area contributed by atoms with Crippen LogP contribution in [0.25, 0.3) is 0 Å². The van der Waals surface area contributed by atoms with E-state index in [1.807, 2.05) is 0 Å². The number of hydrogen-bond acceptors (Lipinski definition) is 6. The molecule has 8 nitrogen and oxygen atoms in total. The second-order valence-corrected chi connectivity index (χ2v) is 7.34. The van der Waals surface area contributed by atoms with E-state index in [9.17, 15) is 14.4 Å². The average molecular weight is 486 g/mol. The van der Waals surface area contributed by atoms with Crippen molar-refractivity contribution in [3.05, 3.63) is 87.9 Å². The molecule has 0 aromatic heterocycles. The van der Waals surface area contributed by atoms with Crippen molar-refractivity contribution in [2.24, 2.45) is 5.10 Å². The van der Waals surface area contributed by atoms with Gasteiger partial charge in [0.05, 0.1) is 13.3 Å². The predicted molar refractivity (Wildman–Crippen MR) is 125 cm³/mol. The summed E-state index contributed by atoms with van der Waals surface area (Å²) < 4.78 is 10.5. The summed E-state index contributed by atoms with van der Waals surface area (Å²) in [5, 5.41) is 6.73. The normalized spacial score (nSPS) is 10.5. The average Bonchev–Trinajstić information content (AvgIpc) is 2.79. The molecular formula is C23H17Cl2N3O5. The summed E-state index contributed by atoms with van der Waals surface area (Å²) in [5.74, 6) is -1.77. The molecule has 2 N–H and O–H groups in total. The van der Waals surface area contributed by atoms with Gasteiger partial charge < -0.3 is 14.8 Å². The van der Waals surface area contributed by atoms with Crippen LogP contribution < -0.4 is 20.2 Å². The molecule has 0 aliphatic carbocycles. The van der Waals surface area contributed by atoms with E-state index in [4.69, 9.17) is 32.7 Å². The van der Waals surface area contributed by atoms with E-state index in [2.05, 4.69) is 15.8 Å². The highest BCUT2D eigenvalue weighted by Gasteiger charge is 2.15. The summed E-state index contributed by atoms with van der Waals surface area (Å²) in [6.45, 7) is 0. The number of nitrogens with zero attached hydrogens (tertiary/aromatic N) is 1. The third kappa shape index (κ3) is 6.80. The molecule has 0 aliphatic rings. The van der Waals surface area contributed by atoms with Gasteiger partial charge in [0, 0.05) is 15.7 Å². The number of ether oxygens (including phenoxy) is 2. The Kier molecular flexibility index (Phi) is 8.01. The maximum atomic E-state index is 12.3. The van der Waals surface area contributed by atoms with E-state index in [1.54, 1.807) is 48.5 Å². The lowest BCUT2D eigenvalue weighted by atomic mass is 10.2. The van der Waals surface area contributed by atoms with Crippen molar-refractivity contribution in [1.82, 2.24) is 5.43 Å². The number of hydrazone groups is 1. The van der Waals surface area contributed by atoms with Gasteiger partial charge in [-0.1, -0.05) is 35.3 Å². The summed E-state index contributed by atoms with van der Waals surface area (Å²) in [5.41, 5.74) is 3.28. The van der Waals surface area contributed by atoms with E-state index in [1.165, 1.54) is 31.5 Å². The molecule has 0 bridgehead atoms. The molecule has 33 heavy (non-hydrogen) atoms. The fraction of sp³-hybridized carbons (Fsp3) is 0.0435. The van der Waals surface area contributed by atoms with Crippen molar-refractivity contribution < 1.29 is 23.9 Å². The first-order chi connectivity index (χ1) is 15.9. The molecule has 2 amide bonds. The molecule has 0 saturated carbocycles. The molecule has 3 aromatic carbocycles. The van der Waals surface area contributed by atoms with Crippen LogP contribution in [0.4, 0.5) is 5.69 Å². The zero-order valence-electron chi connectivity index (χ0n) is 17.2. The molecule has 0 atom stereocenters. The smallest absolute Gasteiger partial charge is 0.347 e. The quantitative estimate of drug-likeness (QED) is 0.178.